The first kappa shape index (κ1) is 9.81. The van der Waals surface area contributed by atoms with E-state index in [4.69, 9.17) is 16.3 Å². The number of H-pyrrole nitrogens is 1. The number of pyridine rings is 1. The molecule has 0 unspecified atom stereocenters. The molecule has 0 aromatic carbocycles. The zero-order valence-electron chi connectivity index (χ0n) is 8.40. The number of nitrogens with one attached hydrogen (secondary N) is 1. The van der Waals surface area contributed by atoms with E-state index in [-0.39, 0.29) is 22.5 Å². The van der Waals surface area contributed by atoms with Crippen molar-refractivity contribution in [3.63, 3.8) is 0 Å². The molecule has 78 valence electrons. The third-order valence-electron chi connectivity index (χ3n) is 2.36. The fraction of sp³-hybridized carbons (Fsp3) is 0.100. The lowest BCUT2D eigenvalue weighted by molar-refractivity contribution is 0.915. The number of nitriles is 2. The second-order valence-corrected chi connectivity index (χ2v) is 3.33. The lowest BCUT2D eigenvalue weighted by Gasteiger charge is -1.99. The molecule has 0 atom stereocenters. The van der Waals surface area contributed by atoms with Gasteiger partial charge in [0.25, 0.3) is 0 Å². The standard InChI is InChI=1S/C10H7N5O/c1-5-2-8(16)6(3-11)9-7(4-12)10(13)14-15(5)9/h2,14H,13H2,1H3. The van der Waals surface area contributed by atoms with E-state index >= 15 is 0 Å². The molecule has 0 saturated carbocycles. The fourth-order valence-corrected chi connectivity index (χ4v) is 1.64. The number of fused-ring (bicyclic) bond motifs is 1. The Morgan fingerprint density at radius 1 is 1.38 bits per heavy atom. The summed E-state index contributed by atoms with van der Waals surface area (Å²) in [5.41, 5.74) is 6.07. The predicted molar refractivity (Wildman–Crippen MR) is 56.6 cm³/mol. The van der Waals surface area contributed by atoms with Crippen molar-refractivity contribution in [2.75, 3.05) is 5.73 Å². The Kier molecular flexibility index (Phi) is 1.93. The molecule has 0 bridgehead atoms. The number of rotatable bonds is 0. The van der Waals surface area contributed by atoms with Gasteiger partial charge in [-0.2, -0.15) is 10.5 Å². The van der Waals surface area contributed by atoms with E-state index in [1.165, 1.54) is 10.6 Å². The molecule has 0 saturated heterocycles. The second-order valence-electron chi connectivity index (χ2n) is 3.33. The molecule has 0 aliphatic carbocycles. The average Bonchev–Trinajstić information content (AvgIpc) is 2.56. The first-order valence-electron chi connectivity index (χ1n) is 4.44. The maximum absolute atomic E-state index is 11.6. The van der Waals surface area contributed by atoms with Gasteiger partial charge < -0.3 is 5.73 Å². The second kappa shape index (κ2) is 3.14. The third kappa shape index (κ3) is 1.07. The minimum absolute atomic E-state index is 0.0740. The quantitative estimate of drug-likeness (QED) is 0.653. The molecule has 0 amide bonds. The predicted octanol–water partition coefficient (Wildman–Crippen LogP) is 0.262. The molecule has 0 radical (unpaired) electrons. The van der Waals surface area contributed by atoms with Gasteiger partial charge in [-0.15, -0.1) is 0 Å². The van der Waals surface area contributed by atoms with Crippen LogP contribution in [0, 0.1) is 29.6 Å². The molecule has 3 N–H and O–H groups in total. The van der Waals surface area contributed by atoms with Gasteiger partial charge in [0.1, 0.15) is 34.6 Å². The van der Waals surface area contributed by atoms with Crippen molar-refractivity contribution in [3.05, 3.63) is 33.1 Å². The van der Waals surface area contributed by atoms with E-state index in [0.29, 0.717) is 5.69 Å². The summed E-state index contributed by atoms with van der Waals surface area (Å²) in [6.45, 7) is 1.69. The van der Waals surface area contributed by atoms with Gasteiger partial charge in [0.15, 0.2) is 5.43 Å². The molecule has 16 heavy (non-hydrogen) atoms. The molecule has 0 spiro atoms. The van der Waals surface area contributed by atoms with E-state index in [1.54, 1.807) is 13.0 Å². The smallest absolute Gasteiger partial charge is 0.200 e. The highest BCUT2D eigenvalue weighted by Gasteiger charge is 2.16. The van der Waals surface area contributed by atoms with Gasteiger partial charge in [-0.3, -0.25) is 14.4 Å². The third-order valence-corrected chi connectivity index (χ3v) is 2.36. The zero-order valence-corrected chi connectivity index (χ0v) is 8.40. The van der Waals surface area contributed by atoms with Crippen molar-refractivity contribution in [2.24, 2.45) is 0 Å². The van der Waals surface area contributed by atoms with Crippen LogP contribution in [0.5, 0.6) is 0 Å². The minimum atomic E-state index is -0.407. The SMILES string of the molecule is Cc1cc(=O)c(C#N)c2c(C#N)c(N)[nH]n12. The van der Waals surface area contributed by atoms with Crippen molar-refractivity contribution < 1.29 is 0 Å². The van der Waals surface area contributed by atoms with E-state index in [1.807, 2.05) is 6.07 Å². The van der Waals surface area contributed by atoms with E-state index in [0.717, 1.165) is 0 Å². The first-order chi connectivity index (χ1) is 7.60. The highest BCUT2D eigenvalue weighted by molar-refractivity contribution is 5.76. The number of aromatic nitrogens is 2. The Bertz CT molecular complexity index is 723. The molecule has 2 aromatic rings. The van der Waals surface area contributed by atoms with Crippen molar-refractivity contribution in [2.45, 2.75) is 6.92 Å². The molecule has 6 nitrogen and oxygen atoms in total. The Labute approximate surface area is 90.1 Å². The van der Waals surface area contributed by atoms with Gasteiger partial charge in [-0.25, -0.2) is 0 Å². The van der Waals surface area contributed by atoms with Crippen LogP contribution in [0.3, 0.4) is 0 Å². The van der Waals surface area contributed by atoms with Crippen LogP contribution < -0.4 is 11.2 Å². The van der Waals surface area contributed by atoms with Crippen LogP contribution in [0.25, 0.3) is 5.52 Å². The molecular formula is C10H7N5O. The number of hydrogen-bond acceptors (Lipinski definition) is 4. The van der Waals surface area contributed by atoms with Crippen LogP contribution in [-0.4, -0.2) is 9.61 Å². The van der Waals surface area contributed by atoms with Crippen LogP contribution in [0.15, 0.2) is 10.9 Å². The number of nitrogen functional groups attached to an aromatic ring is 1. The van der Waals surface area contributed by atoms with Gasteiger partial charge >= 0.3 is 0 Å². The minimum Gasteiger partial charge on any atom is -0.383 e. The van der Waals surface area contributed by atoms with Gasteiger partial charge in [0, 0.05) is 11.8 Å². The van der Waals surface area contributed by atoms with Crippen LogP contribution in [0.2, 0.25) is 0 Å². The number of aryl methyl sites for hydroxylation is 1. The molecular weight excluding hydrogens is 206 g/mol. The van der Waals surface area contributed by atoms with Gasteiger partial charge in [-0.05, 0) is 6.92 Å². The van der Waals surface area contributed by atoms with Crippen LogP contribution in [-0.2, 0) is 0 Å². The van der Waals surface area contributed by atoms with Crippen LogP contribution >= 0.6 is 0 Å². The number of nitrogens with zero attached hydrogens (tertiary/aromatic N) is 3. The molecule has 0 fully saturated rings. The van der Waals surface area contributed by atoms with E-state index < -0.39 is 5.43 Å². The van der Waals surface area contributed by atoms with Crippen molar-refractivity contribution in [1.82, 2.24) is 9.61 Å². The Morgan fingerprint density at radius 2 is 2.00 bits per heavy atom. The maximum Gasteiger partial charge on any atom is 0.200 e. The summed E-state index contributed by atoms with van der Waals surface area (Å²) in [6.07, 6.45) is 0. The molecule has 2 heterocycles. The summed E-state index contributed by atoms with van der Waals surface area (Å²) < 4.78 is 1.47. The van der Waals surface area contributed by atoms with Crippen molar-refractivity contribution >= 4 is 11.3 Å². The zero-order chi connectivity index (χ0) is 11.9. The van der Waals surface area contributed by atoms with Gasteiger partial charge in [0.05, 0.1) is 0 Å². The van der Waals surface area contributed by atoms with Crippen LogP contribution in [0.1, 0.15) is 16.8 Å². The number of anilines is 1. The van der Waals surface area contributed by atoms with Crippen LogP contribution in [0.4, 0.5) is 5.82 Å². The largest absolute Gasteiger partial charge is 0.383 e. The fourth-order valence-electron chi connectivity index (χ4n) is 1.64. The summed E-state index contributed by atoms with van der Waals surface area (Å²) in [5.74, 6) is 0.146. The molecule has 2 rings (SSSR count). The lowest BCUT2D eigenvalue weighted by Crippen LogP contribution is -2.10. The number of hydrogen-bond donors (Lipinski definition) is 2. The lowest BCUT2D eigenvalue weighted by atomic mass is 10.1. The maximum atomic E-state index is 11.6. The average molecular weight is 213 g/mol. The first-order valence-corrected chi connectivity index (χ1v) is 4.44. The Morgan fingerprint density at radius 3 is 2.56 bits per heavy atom. The van der Waals surface area contributed by atoms with Gasteiger partial charge in [0.2, 0.25) is 0 Å². The van der Waals surface area contributed by atoms with E-state index in [9.17, 15) is 4.79 Å². The van der Waals surface area contributed by atoms with Crippen molar-refractivity contribution in [3.8, 4) is 12.1 Å². The van der Waals surface area contributed by atoms with E-state index in [2.05, 4.69) is 5.10 Å². The summed E-state index contributed by atoms with van der Waals surface area (Å²) in [5, 5.41) is 20.6. The number of aromatic amines is 1. The molecule has 0 aliphatic rings. The molecule has 2 aromatic heterocycles. The topological polar surface area (TPSA) is 111 Å². The normalized spacial score (nSPS) is 9.94. The summed E-state index contributed by atoms with van der Waals surface area (Å²) in [6, 6.07) is 5.00. The highest BCUT2D eigenvalue weighted by atomic mass is 16.1. The summed E-state index contributed by atoms with van der Waals surface area (Å²) in [7, 11) is 0. The Balaban J connectivity index is 3.17. The highest BCUT2D eigenvalue weighted by Crippen LogP contribution is 2.19. The monoisotopic (exact) mass is 213 g/mol. The molecule has 6 heteroatoms. The summed E-state index contributed by atoms with van der Waals surface area (Å²) >= 11 is 0. The number of nitrogens with two attached hydrogens (primary N) is 1. The molecule has 0 aliphatic heterocycles. The van der Waals surface area contributed by atoms with Crippen molar-refractivity contribution in [1.29, 1.82) is 10.5 Å². The van der Waals surface area contributed by atoms with Gasteiger partial charge in [-0.1, -0.05) is 0 Å². The summed E-state index contributed by atoms with van der Waals surface area (Å²) in [4.78, 5) is 11.6. The Hall–Kier alpha value is -2.73.